The molecule has 3 heterocycles. The van der Waals surface area contributed by atoms with Crippen LogP contribution in [-0.2, 0) is 9.63 Å². The van der Waals surface area contributed by atoms with E-state index < -0.39 is 0 Å². The van der Waals surface area contributed by atoms with Gasteiger partial charge in [-0.1, -0.05) is 43.8 Å². The summed E-state index contributed by atoms with van der Waals surface area (Å²) < 4.78 is 5.77. The normalized spacial score (nSPS) is 17.6. The topological polar surface area (TPSA) is 95.1 Å². The van der Waals surface area contributed by atoms with E-state index in [9.17, 15) is 4.79 Å². The quantitative estimate of drug-likeness (QED) is 0.392. The number of carbonyl (C=O) groups excluding carboxylic acids is 1. The van der Waals surface area contributed by atoms with Crippen LogP contribution in [0.4, 0.5) is 28.7 Å². The SMILES string of the molecule is C=CC(=O)Nc1cc(Nc2cc(N3OCC[C@@H]3c3ccccc3)ncn2)c(OC)cc1N1CCN(CC)CC1. The van der Waals surface area contributed by atoms with Gasteiger partial charge >= 0.3 is 0 Å². The zero-order valence-corrected chi connectivity index (χ0v) is 22.5. The third-order valence-corrected chi connectivity index (χ3v) is 7.15. The second-order valence-electron chi connectivity index (χ2n) is 9.44. The summed E-state index contributed by atoms with van der Waals surface area (Å²) in [6.07, 6.45) is 3.65. The molecule has 10 nitrogen and oxygen atoms in total. The summed E-state index contributed by atoms with van der Waals surface area (Å²) in [4.78, 5) is 31.9. The molecule has 0 spiro atoms. The van der Waals surface area contributed by atoms with Crippen LogP contribution in [0.3, 0.4) is 0 Å². The molecule has 2 aliphatic rings. The zero-order valence-electron chi connectivity index (χ0n) is 22.5. The first kappa shape index (κ1) is 26.5. The second-order valence-corrected chi connectivity index (χ2v) is 9.44. The minimum atomic E-state index is -0.276. The lowest BCUT2D eigenvalue weighted by atomic mass is 10.0. The summed E-state index contributed by atoms with van der Waals surface area (Å²) in [5.41, 5.74) is 3.42. The van der Waals surface area contributed by atoms with Crippen molar-refractivity contribution in [3.63, 3.8) is 0 Å². The molecule has 2 fully saturated rings. The number of likely N-dealkylation sites (N-methyl/N-ethyl adjacent to an activating group) is 1. The summed E-state index contributed by atoms with van der Waals surface area (Å²) >= 11 is 0. The van der Waals surface area contributed by atoms with Crippen molar-refractivity contribution in [3.8, 4) is 5.75 Å². The molecule has 204 valence electrons. The fourth-order valence-electron chi connectivity index (χ4n) is 5.03. The van der Waals surface area contributed by atoms with Gasteiger partial charge in [-0.25, -0.2) is 15.0 Å². The van der Waals surface area contributed by atoms with Gasteiger partial charge in [0.05, 0.1) is 36.8 Å². The van der Waals surface area contributed by atoms with Crippen LogP contribution in [0.1, 0.15) is 24.9 Å². The summed E-state index contributed by atoms with van der Waals surface area (Å²) in [7, 11) is 1.63. The van der Waals surface area contributed by atoms with Crippen LogP contribution in [0.2, 0.25) is 0 Å². The van der Waals surface area contributed by atoms with Gasteiger partial charge in [-0.15, -0.1) is 0 Å². The first-order chi connectivity index (χ1) is 19.1. The van der Waals surface area contributed by atoms with E-state index >= 15 is 0 Å². The van der Waals surface area contributed by atoms with Gasteiger partial charge in [0, 0.05) is 44.7 Å². The van der Waals surface area contributed by atoms with Crippen molar-refractivity contribution in [2.24, 2.45) is 0 Å². The number of amides is 1. The minimum Gasteiger partial charge on any atom is -0.494 e. The molecule has 1 aromatic heterocycles. The highest BCUT2D eigenvalue weighted by Gasteiger charge is 2.29. The van der Waals surface area contributed by atoms with Crippen molar-refractivity contribution < 1.29 is 14.4 Å². The van der Waals surface area contributed by atoms with Crippen molar-refractivity contribution >= 4 is 34.6 Å². The van der Waals surface area contributed by atoms with Crippen LogP contribution in [-0.4, -0.2) is 67.2 Å². The molecule has 3 aromatic rings. The number of hydroxylamine groups is 1. The van der Waals surface area contributed by atoms with Crippen LogP contribution in [0.25, 0.3) is 0 Å². The smallest absolute Gasteiger partial charge is 0.247 e. The number of hydrogen-bond acceptors (Lipinski definition) is 9. The van der Waals surface area contributed by atoms with Gasteiger partial charge in [0.2, 0.25) is 5.91 Å². The number of ether oxygens (including phenoxy) is 1. The average molecular weight is 530 g/mol. The van der Waals surface area contributed by atoms with E-state index in [-0.39, 0.29) is 11.9 Å². The van der Waals surface area contributed by atoms with Gasteiger partial charge in [-0.3, -0.25) is 9.63 Å². The number of nitrogens with one attached hydrogen (secondary N) is 2. The van der Waals surface area contributed by atoms with Crippen molar-refractivity contribution in [3.05, 3.63) is 73.1 Å². The number of methoxy groups -OCH3 is 1. The molecule has 5 rings (SSSR count). The molecule has 2 N–H and O–H groups in total. The summed E-state index contributed by atoms with van der Waals surface area (Å²) in [5.74, 6) is 1.59. The Morgan fingerprint density at radius 1 is 1.13 bits per heavy atom. The molecule has 0 radical (unpaired) electrons. The molecule has 0 unspecified atom stereocenters. The van der Waals surface area contributed by atoms with Crippen LogP contribution >= 0.6 is 0 Å². The third kappa shape index (κ3) is 5.97. The lowest BCUT2D eigenvalue weighted by molar-refractivity contribution is -0.111. The predicted molar refractivity (Wildman–Crippen MR) is 154 cm³/mol. The molecule has 0 aliphatic carbocycles. The molecule has 2 aliphatic heterocycles. The Hall–Kier alpha value is -4.15. The predicted octanol–water partition coefficient (Wildman–Crippen LogP) is 4.38. The monoisotopic (exact) mass is 529 g/mol. The number of nitrogens with zero attached hydrogens (tertiary/aromatic N) is 5. The Kier molecular flexibility index (Phi) is 8.24. The maximum atomic E-state index is 12.3. The van der Waals surface area contributed by atoms with E-state index in [1.165, 1.54) is 18.0 Å². The lowest BCUT2D eigenvalue weighted by Crippen LogP contribution is -2.46. The fraction of sp³-hybridized carbons (Fsp3) is 0.345. The van der Waals surface area contributed by atoms with Gasteiger partial charge < -0.3 is 25.2 Å². The fourth-order valence-corrected chi connectivity index (χ4v) is 5.03. The minimum absolute atomic E-state index is 0.0664. The Morgan fingerprint density at radius 2 is 1.92 bits per heavy atom. The third-order valence-electron chi connectivity index (χ3n) is 7.15. The average Bonchev–Trinajstić information content (AvgIpc) is 3.48. The van der Waals surface area contributed by atoms with Gasteiger partial charge in [-0.05, 0) is 24.3 Å². The second kappa shape index (κ2) is 12.1. The molecule has 1 amide bonds. The van der Waals surface area contributed by atoms with Gasteiger partial charge in [0.15, 0.2) is 5.82 Å². The molecular formula is C29H35N7O3. The van der Waals surface area contributed by atoms with Gasteiger partial charge in [0.25, 0.3) is 0 Å². The Labute approximate surface area is 229 Å². The first-order valence-corrected chi connectivity index (χ1v) is 13.3. The Balaban J connectivity index is 1.43. The van der Waals surface area contributed by atoms with Crippen molar-refractivity contribution in [2.45, 2.75) is 19.4 Å². The van der Waals surface area contributed by atoms with Crippen molar-refractivity contribution in [1.29, 1.82) is 0 Å². The molecule has 0 bridgehead atoms. The molecule has 10 heteroatoms. The number of benzene rings is 2. The first-order valence-electron chi connectivity index (χ1n) is 13.3. The summed E-state index contributed by atoms with van der Waals surface area (Å²) in [6, 6.07) is 16.0. The van der Waals surface area contributed by atoms with Crippen LogP contribution < -0.4 is 25.3 Å². The maximum absolute atomic E-state index is 12.3. The molecule has 1 atom stereocenters. The Bertz CT molecular complexity index is 1300. The summed E-state index contributed by atoms with van der Waals surface area (Å²) in [5, 5.41) is 8.17. The standard InChI is InChI=1S/C29H35N7O3/c1-4-29(37)33-22-17-23(26(38-3)18-25(22)35-14-12-34(5-2)13-15-35)32-27-19-28(31-20-30-27)36-24(11-16-39-36)21-9-7-6-8-10-21/h4,6-10,17-20,24H,1,5,11-16H2,2-3H3,(H,33,37)(H,30,31,32)/t24-/m1/s1. The molecule has 39 heavy (non-hydrogen) atoms. The largest absolute Gasteiger partial charge is 0.494 e. The van der Waals surface area contributed by atoms with E-state index in [1.54, 1.807) is 7.11 Å². The number of anilines is 5. The number of rotatable bonds is 9. The zero-order chi connectivity index (χ0) is 27.2. The van der Waals surface area contributed by atoms with E-state index in [1.807, 2.05) is 41.5 Å². The maximum Gasteiger partial charge on any atom is 0.247 e. The highest BCUT2D eigenvalue weighted by molar-refractivity contribution is 6.02. The molecule has 2 aromatic carbocycles. The van der Waals surface area contributed by atoms with Crippen LogP contribution in [0.5, 0.6) is 5.75 Å². The number of piperazine rings is 1. The Morgan fingerprint density at radius 3 is 2.64 bits per heavy atom. The van der Waals surface area contributed by atoms with Gasteiger partial charge in [-0.2, -0.15) is 0 Å². The van der Waals surface area contributed by atoms with Gasteiger partial charge in [0.1, 0.15) is 17.9 Å². The van der Waals surface area contributed by atoms with E-state index in [4.69, 9.17) is 9.57 Å². The molecule has 2 saturated heterocycles. The van der Waals surface area contributed by atoms with E-state index in [2.05, 4.69) is 56.0 Å². The number of carbonyl (C=O) groups is 1. The lowest BCUT2D eigenvalue weighted by Gasteiger charge is -2.36. The molecular weight excluding hydrogens is 494 g/mol. The highest BCUT2D eigenvalue weighted by Crippen LogP contribution is 2.40. The van der Waals surface area contributed by atoms with E-state index in [0.29, 0.717) is 35.4 Å². The number of aromatic nitrogens is 2. The number of hydrogen-bond donors (Lipinski definition) is 2. The summed E-state index contributed by atoms with van der Waals surface area (Å²) in [6.45, 7) is 11.0. The van der Waals surface area contributed by atoms with Crippen molar-refractivity contribution in [2.75, 3.05) is 67.0 Å². The van der Waals surface area contributed by atoms with Crippen LogP contribution in [0, 0.1) is 0 Å². The van der Waals surface area contributed by atoms with Crippen LogP contribution in [0.15, 0.2) is 67.5 Å². The highest BCUT2D eigenvalue weighted by atomic mass is 16.7. The molecule has 0 saturated carbocycles. The van der Waals surface area contributed by atoms with E-state index in [0.717, 1.165) is 44.8 Å². The van der Waals surface area contributed by atoms with Crippen molar-refractivity contribution in [1.82, 2.24) is 14.9 Å².